The Labute approximate surface area is 224 Å². The summed E-state index contributed by atoms with van der Waals surface area (Å²) >= 11 is 0. The van der Waals surface area contributed by atoms with Crippen molar-refractivity contribution in [3.63, 3.8) is 0 Å². The van der Waals surface area contributed by atoms with Crippen LogP contribution in [0.25, 0.3) is 10.9 Å². The number of fused-ring (bicyclic) bond motifs is 1. The van der Waals surface area contributed by atoms with Crippen LogP contribution in [-0.4, -0.2) is 46.3 Å². The summed E-state index contributed by atoms with van der Waals surface area (Å²) in [5, 5.41) is 3.67. The fraction of sp³-hybridized carbons (Fsp3) is 0.464. The lowest BCUT2D eigenvalue weighted by atomic mass is 9.92. The number of pyridine rings is 2. The largest absolute Gasteiger partial charge is 0.444 e. The Morgan fingerprint density at radius 3 is 2.54 bits per heavy atom. The van der Waals surface area contributed by atoms with Crippen LogP contribution in [0, 0.1) is 5.82 Å². The molecule has 2 aromatic heterocycles. The highest BCUT2D eigenvalue weighted by Gasteiger charge is 2.45. The minimum absolute atomic E-state index is 0.0637. The first-order valence-corrected chi connectivity index (χ1v) is 12.6. The molecule has 210 valence electrons. The number of anilines is 1. The number of carbonyl (C=O) groups is 1. The Balaban J connectivity index is 1.74. The molecule has 1 amide bonds. The van der Waals surface area contributed by atoms with Crippen molar-refractivity contribution in [1.82, 2.24) is 14.5 Å². The second kappa shape index (κ2) is 10.5. The first-order chi connectivity index (χ1) is 18.3. The molecular weight excluding hydrogens is 513 g/mol. The number of rotatable bonds is 6. The lowest BCUT2D eigenvalue weighted by Crippen LogP contribution is -2.42. The smallest absolute Gasteiger partial charge is 0.410 e. The predicted octanol–water partition coefficient (Wildman–Crippen LogP) is 5.67. The molecule has 0 spiro atoms. The van der Waals surface area contributed by atoms with Gasteiger partial charge in [0.15, 0.2) is 0 Å². The second-order valence-electron chi connectivity index (χ2n) is 10.8. The molecule has 1 fully saturated rings. The van der Waals surface area contributed by atoms with Crippen molar-refractivity contribution < 1.29 is 27.4 Å². The monoisotopic (exact) mass is 546 g/mol. The third kappa shape index (κ3) is 5.45. The molecule has 1 unspecified atom stereocenters. The van der Waals surface area contributed by atoms with Crippen molar-refractivity contribution in [1.29, 1.82) is 0 Å². The third-order valence-electron chi connectivity index (χ3n) is 7.03. The third-order valence-corrected chi connectivity index (χ3v) is 7.03. The molecule has 1 N–H and O–H groups in total. The lowest BCUT2D eigenvalue weighted by Gasteiger charge is -2.29. The number of benzene rings is 1. The van der Waals surface area contributed by atoms with Gasteiger partial charge in [0.05, 0.1) is 29.2 Å². The molecule has 8 nitrogen and oxygen atoms in total. The fourth-order valence-corrected chi connectivity index (χ4v) is 4.95. The highest BCUT2D eigenvalue weighted by Crippen LogP contribution is 2.37. The number of nitrogens with one attached hydrogen (secondary N) is 1. The van der Waals surface area contributed by atoms with Crippen LogP contribution in [0.2, 0.25) is 0 Å². The number of alkyl halides is 2. The maximum Gasteiger partial charge on any atom is 0.410 e. The molecule has 0 saturated carbocycles. The van der Waals surface area contributed by atoms with Crippen LogP contribution in [-0.2, 0) is 22.1 Å². The van der Waals surface area contributed by atoms with E-state index < -0.39 is 41.1 Å². The second-order valence-corrected chi connectivity index (χ2v) is 10.8. The number of amides is 1. The van der Waals surface area contributed by atoms with E-state index in [0.29, 0.717) is 35.2 Å². The Morgan fingerprint density at radius 2 is 1.90 bits per heavy atom. The summed E-state index contributed by atoms with van der Waals surface area (Å²) in [6.45, 7) is 7.43. The predicted molar refractivity (Wildman–Crippen MR) is 141 cm³/mol. The lowest BCUT2D eigenvalue weighted by molar-refractivity contribution is -0.0140. The average Bonchev–Trinajstić information content (AvgIpc) is 3.31. The molecule has 0 bridgehead atoms. The van der Waals surface area contributed by atoms with E-state index in [1.165, 1.54) is 34.9 Å². The molecule has 0 aliphatic carbocycles. The number of methoxy groups -OCH3 is 1. The zero-order chi connectivity index (χ0) is 28.7. The van der Waals surface area contributed by atoms with Gasteiger partial charge in [0, 0.05) is 44.3 Å². The van der Waals surface area contributed by atoms with E-state index in [0.717, 1.165) is 6.07 Å². The summed E-state index contributed by atoms with van der Waals surface area (Å²) in [5.41, 5.74) is -1.77. The summed E-state index contributed by atoms with van der Waals surface area (Å²) in [6, 6.07) is 6.52. The quantitative estimate of drug-likeness (QED) is 0.429. The zero-order valence-electron chi connectivity index (χ0n) is 22.8. The van der Waals surface area contributed by atoms with Crippen molar-refractivity contribution in [3.8, 4) is 0 Å². The van der Waals surface area contributed by atoms with Gasteiger partial charge in [-0.3, -0.25) is 4.79 Å². The van der Waals surface area contributed by atoms with E-state index in [1.54, 1.807) is 46.9 Å². The molecule has 1 aliphatic rings. The standard InChI is InChI=1S/C28H33F3N4O4/c1-16(17-8-7-9-18(22(17)29)23(30)31)33-24-19-14-20(25(36)34(5)21(19)10-12-32-24)28(38-6)11-13-35(15-28)26(37)39-27(2,3)4/h7-10,12,14,16,23H,11,13,15H2,1-6H3,(H,32,33)/t16-,28?/m1/s1. The first kappa shape index (κ1) is 28.4. The summed E-state index contributed by atoms with van der Waals surface area (Å²) in [6.07, 6.45) is -1.56. The minimum atomic E-state index is -2.94. The Hall–Kier alpha value is -3.60. The first-order valence-electron chi connectivity index (χ1n) is 12.6. The van der Waals surface area contributed by atoms with Crippen molar-refractivity contribution in [2.24, 2.45) is 7.05 Å². The maximum absolute atomic E-state index is 14.8. The molecule has 3 aromatic rings. The molecule has 1 aliphatic heterocycles. The van der Waals surface area contributed by atoms with E-state index in [1.807, 2.05) is 0 Å². The van der Waals surface area contributed by atoms with E-state index >= 15 is 0 Å². The number of aromatic nitrogens is 2. The van der Waals surface area contributed by atoms with Crippen molar-refractivity contribution in [2.45, 2.75) is 57.8 Å². The van der Waals surface area contributed by atoms with Crippen molar-refractivity contribution in [2.75, 3.05) is 25.5 Å². The van der Waals surface area contributed by atoms with Crippen LogP contribution in [0.4, 0.5) is 23.8 Å². The van der Waals surface area contributed by atoms with Gasteiger partial charge in [-0.25, -0.2) is 22.9 Å². The molecule has 39 heavy (non-hydrogen) atoms. The number of hydrogen-bond acceptors (Lipinski definition) is 6. The number of nitrogens with zero attached hydrogens (tertiary/aromatic N) is 3. The van der Waals surface area contributed by atoms with E-state index in [4.69, 9.17) is 9.47 Å². The Morgan fingerprint density at radius 1 is 1.21 bits per heavy atom. The van der Waals surface area contributed by atoms with Gasteiger partial charge in [-0.1, -0.05) is 18.2 Å². The van der Waals surface area contributed by atoms with Gasteiger partial charge in [0.1, 0.15) is 22.8 Å². The Bertz CT molecular complexity index is 1450. The fourth-order valence-electron chi connectivity index (χ4n) is 4.95. The van der Waals surface area contributed by atoms with Gasteiger partial charge in [-0.2, -0.15) is 0 Å². The number of hydrogen-bond donors (Lipinski definition) is 1. The molecule has 3 heterocycles. The van der Waals surface area contributed by atoms with Crippen LogP contribution in [0.15, 0.2) is 41.3 Å². The molecule has 2 atom stereocenters. The summed E-state index contributed by atoms with van der Waals surface area (Å²) in [7, 11) is 3.11. The number of halogens is 3. The average molecular weight is 547 g/mol. The molecule has 1 saturated heterocycles. The van der Waals surface area contributed by atoms with E-state index in [9.17, 15) is 22.8 Å². The maximum atomic E-state index is 14.8. The number of aryl methyl sites for hydroxylation is 1. The number of likely N-dealkylation sites (tertiary alicyclic amines) is 1. The summed E-state index contributed by atoms with van der Waals surface area (Å²) in [5.74, 6) is -0.640. The van der Waals surface area contributed by atoms with Crippen molar-refractivity contribution in [3.05, 3.63) is 69.4 Å². The van der Waals surface area contributed by atoms with Gasteiger partial charge < -0.3 is 24.3 Å². The van der Waals surface area contributed by atoms with Crippen LogP contribution in [0.1, 0.15) is 63.3 Å². The summed E-state index contributed by atoms with van der Waals surface area (Å²) < 4.78 is 54.2. The van der Waals surface area contributed by atoms with Crippen LogP contribution < -0.4 is 10.9 Å². The van der Waals surface area contributed by atoms with E-state index in [2.05, 4.69) is 10.3 Å². The normalized spacial score (nSPS) is 18.6. The van der Waals surface area contributed by atoms with Gasteiger partial charge in [-0.15, -0.1) is 0 Å². The SMILES string of the molecule is COC1(c2cc3c(N[C@H](C)c4cccc(C(F)F)c4F)nccc3n(C)c2=O)CCN(C(=O)OC(C)(C)C)C1. The number of ether oxygens (including phenoxy) is 2. The van der Waals surface area contributed by atoms with E-state index in [-0.39, 0.29) is 17.7 Å². The highest BCUT2D eigenvalue weighted by molar-refractivity contribution is 5.90. The van der Waals surface area contributed by atoms with Gasteiger partial charge in [0.2, 0.25) is 0 Å². The van der Waals surface area contributed by atoms with Crippen LogP contribution in [0.5, 0.6) is 0 Å². The molecule has 0 radical (unpaired) electrons. The number of carbonyl (C=O) groups excluding carboxylic acids is 1. The summed E-state index contributed by atoms with van der Waals surface area (Å²) in [4.78, 5) is 32.2. The Kier molecular flexibility index (Phi) is 7.66. The minimum Gasteiger partial charge on any atom is -0.444 e. The van der Waals surface area contributed by atoms with Crippen LogP contribution >= 0.6 is 0 Å². The topological polar surface area (TPSA) is 85.7 Å². The zero-order valence-corrected chi connectivity index (χ0v) is 22.8. The molecule has 1 aromatic carbocycles. The van der Waals surface area contributed by atoms with Gasteiger partial charge in [-0.05, 0) is 39.8 Å². The molecular formula is C28H33F3N4O4. The van der Waals surface area contributed by atoms with Gasteiger partial charge >= 0.3 is 6.09 Å². The van der Waals surface area contributed by atoms with Crippen molar-refractivity contribution >= 4 is 22.8 Å². The van der Waals surface area contributed by atoms with Gasteiger partial charge in [0.25, 0.3) is 12.0 Å². The molecule has 11 heteroatoms. The highest BCUT2D eigenvalue weighted by atomic mass is 19.3. The molecule has 4 rings (SSSR count). The van der Waals surface area contributed by atoms with Crippen LogP contribution in [0.3, 0.4) is 0 Å².